The number of pyridine rings is 1. The highest BCUT2D eigenvalue weighted by atomic mass is 19.4. The number of carbonyl (C=O) groups is 1. The molecule has 2 aromatic heterocycles. The van der Waals surface area contributed by atoms with Gasteiger partial charge in [-0.05, 0) is 48.0 Å². The van der Waals surface area contributed by atoms with E-state index in [4.69, 9.17) is 5.73 Å². The maximum absolute atomic E-state index is 12.6. The summed E-state index contributed by atoms with van der Waals surface area (Å²) in [6.45, 7) is 0. The van der Waals surface area contributed by atoms with Gasteiger partial charge in [0.2, 0.25) is 0 Å². The number of fused-ring (bicyclic) bond motifs is 1. The second kappa shape index (κ2) is 7.43. The summed E-state index contributed by atoms with van der Waals surface area (Å²) in [7, 11) is 0. The molecule has 4 aromatic rings. The zero-order valence-corrected chi connectivity index (χ0v) is 15.4. The van der Waals surface area contributed by atoms with Crippen LogP contribution in [0.3, 0.4) is 0 Å². The van der Waals surface area contributed by atoms with Crippen LogP contribution in [-0.4, -0.2) is 15.4 Å². The van der Waals surface area contributed by atoms with Crippen LogP contribution in [0.15, 0.2) is 73.2 Å². The fourth-order valence-electron chi connectivity index (χ4n) is 3.08. The standard InChI is InChI=1S/C21H16F3N5O/c22-21(23,24)14-5-9-16(10-6-14)28-20(30)27-15-7-3-13(4-8-15)17-2-1-11-29-12-26-19(25)18(17)29/h1-12H,25H2,(H2,27,28,30). The van der Waals surface area contributed by atoms with Crippen LogP contribution in [0.25, 0.3) is 16.6 Å². The molecule has 152 valence electrons. The number of halogens is 3. The number of imidazole rings is 1. The molecule has 0 fully saturated rings. The number of amides is 2. The zero-order valence-electron chi connectivity index (χ0n) is 15.4. The minimum Gasteiger partial charge on any atom is -0.382 e. The molecule has 9 heteroatoms. The number of benzene rings is 2. The van der Waals surface area contributed by atoms with Crippen molar-refractivity contribution in [3.8, 4) is 11.1 Å². The Kier molecular flexibility index (Phi) is 4.78. The Hall–Kier alpha value is -4.01. The molecule has 2 heterocycles. The molecule has 2 amide bonds. The SMILES string of the molecule is Nc1ncn2cccc(-c3ccc(NC(=O)Nc4ccc(C(F)(F)F)cc4)cc3)c12. The number of nitrogens with zero attached hydrogens (tertiary/aromatic N) is 2. The Morgan fingerprint density at radius 1 is 0.933 bits per heavy atom. The first-order chi connectivity index (χ1) is 14.3. The fourth-order valence-corrected chi connectivity index (χ4v) is 3.08. The van der Waals surface area contributed by atoms with Crippen molar-refractivity contribution in [3.05, 3.63) is 78.8 Å². The number of anilines is 3. The lowest BCUT2D eigenvalue weighted by molar-refractivity contribution is -0.137. The van der Waals surface area contributed by atoms with E-state index >= 15 is 0 Å². The Morgan fingerprint density at radius 2 is 1.53 bits per heavy atom. The van der Waals surface area contributed by atoms with E-state index in [0.717, 1.165) is 28.8 Å². The molecule has 0 aliphatic carbocycles. The van der Waals surface area contributed by atoms with Gasteiger partial charge in [-0.1, -0.05) is 18.2 Å². The predicted octanol–water partition coefficient (Wildman–Crippen LogP) is 5.25. The molecule has 0 aliphatic heterocycles. The third-order valence-electron chi connectivity index (χ3n) is 4.51. The van der Waals surface area contributed by atoms with Gasteiger partial charge in [0.1, 0.15) is 12.1 Å². The predicted molar refractivity (Wildman–Crippen MR) is 109 cm³/mol. The number of carbonyl (C=O) groups excluding carboxylic acids is 1. The summed E-state index contributed by atoms with van der Waals surface area (Å²) in [4.78, 5) is 16.2. The highest BCUT2D eigenvalue weighted by molar-refractivity contribution is 6.00. The van der Waals surface area contributed by atoms with E-state index in [1.807, 2.05) is 34.9 Å². The van der Waals surface area contributed by atoms with Gasteiger partial charge in [0.05, 0.1) is 11.1 Å². The average molecular weight is 411 g/mol. The van der Waals surface area contributed by atoms with Crippen molar-refractivity contribution < 1.29 is 18.0 Å². The molecule has 4 N–H and O–H groups in total. The second-order valence-corrected chi connectivity index (χ2v) is 6.54. The van der Waals surface area contributed by atoms with Crippen LogP contribution in [0.2, 0.25) is 0 Å². The molecule has 0 atom stereocenters. The number of hydrogen-bond acceptors (Lipinski definition) is 3. The molecule has 4 rings (SSSR count). The number of nitrogens with two attached hydrogens (primary N) is 1. The topological polar surface area (TPSA) is 84.4 Å². The summed E-state index contributed by atoms with van der Waals surface area (Å²) in [6.07, 6.45) is -0.937. The molecule has 0 saturated carbocycles. The molecule has 0 unspecified atom stereocenters. The molecular weight excluding hydrogens is 395 g/mol. The van der Waals surface area contributed by atoms with E-state index in [1.54, 1.807) is 18.5 Å². The van der Waals surface area contributed by atoms with Crippen molar-refractivity contribution in [1.29, 1.82) is 0 Å². The molecule has 0 aliphatic rings. The van der Waals surface area contributed by atoms with E-state index < -0.39 is 17.8 Å². The van der Waals surface area contributed by atoms with Gasteiger partial charge in [0.25, 0.3) is 0 Å². The van der Waals surface area contributed by atoms with Crippen molar-refractivity contribution in [2.45, 2.75) is 6.18 Å². The van der Waals surface area contributed by atoms with Crippen molar-refractivity contribution in [2.24, 2.45) is 0 Å². The summed E-state index contributed by atoms with van der Waals surface area (Å²) in [5.74, 6) is 0.420. The molecule has 6 nitrogen and oxygen atoms in total. The molecular formula is C21H16F3N5O. The van der Waals surface area contributed by atoms with E-state index in [2.05, 4.69) is 15.6 Å². The zero-order chi connectivity index (χ0) is 21.3. The van der Waals surface area contributed by atoms with Crippen LogP contribution in [0.1, 0.15) is 5.56 Å². The number of alkyl halides is 3. The summed E-state index contributed by atoms with van der Waals surface area (Å²) in [5, 5.41) is 5.14. The van der Waals surface area contributed by atoms with Gasteiger partial charge in [-0.2, -0.15) is 13.2 Å². The average Bonchev–Trinajstić information content (AvgIpc) is 3.09. The van der Waals surface area contributed by atoms with Crippen molar-refractivity contribution >= 4 is 28.7 Å². The van der Waals surface area contributed by atoms with Gasteiger partial charge in [-0.15, -0.1) is 0 Å². The van der Waals surface area contributed by atoms with Gasteiger partial charge in [-0.25, -0.2) is 9.78 Å². The summed E-state index contributed by atoms with van der Waals surface area (Å²) < 4.78 is 39.6. The van der Waals surface area contributed by atoms with E-state index in [9.17, 15) is 18.0 Å². The molecule has 0 spiro atoms. The van der Waals surface area contributed by atoms with Crippen LogP contribution in [0.5, 0.6) is 0 Å². The molecule has 2 aromatic carbocycles. The van der Waals surface area contributed by atoms with Gasteiger partial charge >= 0.3 is 12.2 Å². The maximum Gasteiger partial charge on any atom is 0.416 e. The van der Waals surface area contributed by atoms with Crippen molar-refractivity contribution in [3.63, 3.8) is 0 Å². The van der Waals surface area contributed by atoms with E-state index in [0.29, 0.717) is 11.5 Å². The quantitative estimate of drug-likeness (QED) is 0.431. The third kappa shape index (κ3) is 3.90. The van der Waals surface area contributed by atoms with Gasteiger partial charge in [0, 0.05) is 23.1 Å². The highest BCUT2D eigenvalue weighted by Gasteiger charge is 2.29. The maximum atomic E-state index is 12.6. The normalized spacial score (nSPS) is 11.4. The number of hydrogen-bond donors (Lipinski definition) is 3. The first-order valence-corrected chi connectivity index (χ1v) is 8.88. The van der Waals surface area contributed by atoms with E-state index in [-0.39, 0.29) is 5.69 Å². The Morgan fingerprint density at radius 3 is 2.13 bits per heavy atom. The largest absolute Gasteiger partial charge is 0.416 e. The Labute approximate surface area is 169 Å². The minimum atomic E-state index is -4.42. The van der Waals surface area contributed by atoms with Gasteiger partial charge in [0.15, 0.2) is 0 Å². The first kappa shape index (κ1) is 19.3. The number of nitrogen functional groups attached to an aromatic ring is 1. The highest BCUT2D eigenvalue weighted by Crippen LogP contribution is 2.30. The number of nitrogens with one attached hydrogen (secondary N) is 2. The smallest absolute Gasteiger partial charge is 0.382 e. The molecule has 0 saturated heterocycles. The monoisotopic (exact) mass is 411 g/mol. The number of urea groups is 1. The lowest BCUT2D eigenvalue weighted by Gasteiger charge is -2.11. The van der Waals surface area contributed by atoms with Crippen molar-refractivity contribution in [1.82, 2.24) is 9.38 Å². The summed E-state index contributed by atoms with van der Waals surface area (Å²) in [6, 6.07) is 14.6. The first-order valence-electron chi connectivity index (χ1n) is 8.88. The van der Waals surface area contributed by atoms with Crippen LogP contribution in [0, 0.1) is 0 Å². The van der Waals surface area contributed by atoms with Crippen molar-refractivity contribution in [2.75, 3.05) is 16.4 Å². The second-order valence-electron chi connectivity index (χ2n) is 6.54. The third-order valence-corrected chi connectivity index (χ3v) is 4.51. The lowest BCUT2D eigenvalue weighted by atomic mass is 10.1. The summed E-state index contributed by atoms with van der Waals surface area (Å²) >= 11 is 0. The van der Waals surface area contributed by atoms with Crippen LogP contribution in [-0.2, 0) is 6.18 Å². The van der Waals surface area contributed by atoms with Gasteiger partial charge in [-0.3, -0.25) is 0 Å². The Bertz CT molecular complexity index is 1200. The van der Waals surface area contributed by atoms with E-state index in [1.165, 1.54) is 12.1 Å². The van der Waals surface area contributed by atoms with Crippen LogP contribution in [0.4, 0.5) is 35.2 Å². The fraction of sp³-hybridized carbons (Fsp3) is 0.0476. The molecule has 0 radical (unpaired) electrons. The number of aromatic nitrogens is 2. The minimum absolute atomic E-state index is 0.250. The summed E-state index contributed by atoms with van der Waals surface area (Å²) in [5.41, 5.74) is 8.53. The molecule has 0 bridgehead atoms. The Balaban J connectivity index is 1.46. The van der Waals surface area contributed by atoms with Crippen LogP contribution >= 0.6 is 0 Å². The molecule has 30 heavy (non-hydrogen) atoms. The van der Waals surface area contributed by atoms with Gasteiger partial charge < -0.3 is 20.8 Å². The van der Waals surface area contributed by atoms with Crippen LogP contribution < -0.4 is 16.4 Å². The lowest BCUT2D eigenvalue weighted by Crippen LogP contribution is -2.19. The number of rotatable bonds is 3.